The molecule has 1 amide bonds. The van der Waals surface area contributed by atoms with E-state index >= 15 is 0 Å². The minimum absolute atomic E-state index is 0.0234. The SMILES string of the molecule is NC(=O)C1=C(O)C(O)(O)CCC1. The Balaban J connectivity index is 3.04. The highest BCUT2D eigenvalue weighted by Gasteiger charge is 2.36. The number of nitrogens with two attached hydrogens (primary N) is 1. The lowest BCUT2D eigenvalue weighted by atomic mass is 9.92. The molecule has 5 heteroatoms. The maximum absolute atomic E-state index is 10.6. The van der Waals surface area contributed by atoms with Gasteiger partial charge in [-0.3, -0.25) is 4.79 Å². The standard InChI is InChI=1S/C7H11NO4/c8-6(10)4-2-1-3-7(11,12)5(4)9/h9,11-12H,1-3H2,(H2,8,10). The van der Waals surface area contributed by atoms with Gasteiger partial charge < -0.3 is 21.1 Å². The summed E-state index contributed by atoms with van der Waals surface area (Å²) in [6.45, 7) is 0. The second-order valence-corrected chi connectivity index (χ2v) is 2.86. The molecule has 68 valence electrons. The third kappa shape index (κ3) is 1.41. The number of aliphatic hydroxyl groups is 3. The fourth-order valence-electron chi connectivity index (χ4n) is 1.23. The van der Waals surface area contributed by atoms with Gasteiger partial charge in [0.25, 0.3) is 0 Å². The zero-order chi connectivity index (χ0) is 9.35. The molecule has 0 spiro atoms. The van der Waals surface area contributed by atoms with Gasteiger partial charge in [0.1, 0.15) is 0 Å². The van der Waals surface area contributed by atoms with Gasteiger partial charge in [0, 0.05) is 6.42 Å². The van der Waals surface area contributed by atoms with Crippen molar-refractivity contribution in [3.63, 3.8) is 0 Å². The Morgan fingerprint density at radius 3 is 2.50 bits per heavy atom. The Hall–Kier alpha value is -1.07. The molecule has 1 aliphatic carbocycles. The first-order chi connectivity index (χ1) is 5.45. The number of aliphatic hydroxyl groups excluding tert-OH is 1. The van der Waals surface area contributed by atoms with Crippen LogP contribution in [0.25, 0.3) is 0 Å². The highest BCUT2D eigenvalue weighted by molar-refractivity contribution is 5.92. The fraction of sp³-hybridized carbons (Fsp3) is 0.571. The first-order valence-electron chi connectivity index (χ1n) is 3.62. The first kappa shape index (κ1) is 9.02. The van der Waals surface area contributed by atoms with Crippen molar-refractivity contribution < 1.29 is 20.1 Å². The molecule has 0 aromatic carbocycles. The zero-order valence-corrected chi connectivity index (χ0v) is 6.45. The molecule has 12 heavy (non-hydrogen) atoms. The summed E-state index contributed by atoms with van der Waals surface area (Å²) in [4.78, 5) is 10.6. The van der Waals surface area contributed by atoms with E-state index in [0.29, 0.717) is 12.8 Å². The van der Waals surface area contributed by atoms with Crippen LogP contribution in [-0.2, 0) is 4.79 Å². The molecular formula is C7H11NO4. The van der Waals surface area contributed by atoms with E-state index in [0.717, 1.165) is 0 Å². The molecule has 5 N–H and O–H groups in total. The van der Waals surface area contributed by atoms with E-state index in [-0.39, 0.29) is 12.0 Å². The summed E-state index contributed by atoms with van der Waals surface area (Å²) in [5.41, 5.74) is 4.81. The van der Waals surface area contributed by atoms with Gasteiger partial charge in [0.05, 0.1) is 5.57 Å². The molecule has 0 fully saturated rings. The molecule has 0 unspecified atom stereocenters. The average Bonchev–Trinajstić information content (AvgIpc) is 1.94. The minimum atomic E-state index is -2.28. The maximum atomic E-state index is 10.6. The Morgan fingerprint density at radius 2 is 2.08 bits per heavy atom. The van der Waals surface area contributed by atoms with Crippen molar-refractivity contribution in [3.8, 4) is 0 Å². The fourth-order valence-corrected chi connectivity index (χ4v) is 1.23. The predicted molar refractivity (Wildman–Crippen MR) is 39.9 cm³/mol. The number of hydrogen-bond donors (Lipinski definition) is 4. The van der Waals surface area contributed by atoms with Crippen LogP contribution in [0.3, 0.4) is 0 Å². The molecule has 5 nitrogen and oxygen atoms in total. The van der Waals surface area contributed by atoms with Crippen LogP contribution in [0.1, 0.15) is 19.3 Å². The number of primary amides is 1. The van der Waals surface area contributed by atoms with E-state index in [1.807, 2.05) is 0 Å². The molecule has 0 radical (unpaired) electrons. The third-order valence-electron chi connectivity index (χ3n) is 1.91. The summed E-state index contributed by atoms with van der Waals surface area (Å²) in [5, 5.41) is 27.4. The van der Waals surface area contributed by atoms with Gasteiger partial charge in [0.2, 0.25) is 11.7 Å². The van der Waals surface area contributed by atoms with Gasteiger partial charge in [-0.2, -0.15) is 0 Å². The predicted octanol–water partition coefficient (Wildman–Crippen LogP) is -0.851. The maximum Gasteiger partial charge on any atom is 0.248 e. The van der Waals surface area contributed by atoms with E-state index in [4.69, 9.17) is 21.1 Å². The van der Waals surface area contributed by atoms with Crippen LogP contribution in [-0.4, -0.2) is 27.0 Å². The van der Waals surface area contributed by atoms with Crippen molar-refractivity contribution in [1.29, 1.82) is 0 Å². The van der Waals surface area contributed by atoms with Gasteiger partial charge in [-0.05, 0) is 12.8 Å². The summed E-state index contributed by atoms with van der Waals surface area (Å²) < 4.78 is 0. The molecule has 0 saturated heterocycles. The number of carbonyl (C=O) groups is 1. The van der Waals surface area contributed by atoms with Crippen LogP contribution in [0.4, 0.5) is 0 Å². The Morgan fingerprint density at radius 1 is 1.50 bits per heavy atom. The van der Waals surface area contributed by atoms with Crippen LogP contribution in [0.5, 0.6) is 0 Å². The molecule has 0 aromatic heterocycles. The van der Waals surface area contributed by atoms with Crippen molar-refractivity contribution in [2.24, 2.45) is 5.73 Å². The summed E-state index contributed by atoms with van der Waals surface area (Å²) in [7, 11) is 0. The zero-order valence-electron chi connectivity index (χ0n) is 6.45. The Labute approximate surface area is 69.1 Å². The van der Waals surface area contributed by atoms with E-state index < -0.39 is 17.5 Å². The topological polar surface area (TPSA) is 104 Å². The minimum Gasteiger partial charge on any atom is -0.506 e. The lowest BCUT2D eigenvalue weighted by Crippen LogP contribution is -2.36. The lowest BCUT2D eigenvalue weighted by molar-refractivity contribution is -0.163. The highest BCUT2D eigenvalue weighted by atomic mass is 16.5. The number of rotatable bonds is 1. The Kier molecular flexibility index (Phi) is 2.08. The lowest BCUT2D eigenvalue weighted by Gasteiger charge is -2.26. The first-order valence-corrected chi connectivity index (χ1v) is 3.62. The molecule has 0 aromatic rings. The van der Waals surface area contributed by atoms with Crippen LogP contribution in [0.2, 0.25) is 0 Å². The molecule has 0 saturated carbocycles. The van der Waals surface area contributed by atoms with Crippen molar-refractivity contribution >= 4 is 5.91 Å². The number of hydrogen-bond acceptors (Lipinski definition) is 4. The number of carbonyl (C=O) groups excluding carboxylic acids is 1. The molecule has 0 aliphatic heterocycles. The van der Waals surface area contributed by atoms with Crippen LogP contribution >= 0.6 is 0 Å². The van der Waals surface area contributed by atoms with Crippen molar-refractivity contribution in [2.45, 2.75) is 25.0 Å². The Bertz CT molecular complexity index is 244. The molecule has 0 atom stereocenters. The van der Waals surface area contributed by atoms with Gasteiger partial charge in [0.15, 0.2) is 5.76 Å². The molecule has 0 bridgehead atoms. The quantitative estimate of drug-likeness (QED) is 0.387. The van der Waals surface area contributed by atoms with Gasteiger partial charge in [-0.15, -0.1) is 0 Å². The van der Waals surface area contributed by atoms with E-state index in [9.17, 15) is 4.79 Å². The summed E-state index contributed by atoms with van der Waals surface area (Å²) >= 11 is 0. The average molecular weight is 173 g/mol. The monoisotopic (exact) mass is 173 g/mol. The highest BCUT2D eigenvalue weighted by Crippen LogP contribution is 2.29. The van der Waals surface area contributed by atoms with Crippen molar-refractivity contribution in [3.05, 3.63) is 11.3 Å². The number of amides is 1. The smallest absolute Gasteiger partial charge is 0.248 e. The van der Waals surface area contributed by atoms with Crippen LogP contribution in [0, 0.1) is 0 Å². The van der Waals surface area contributed by atoms with Gasteiger partial charge >= 0.3 is 0 Å². The summed E-state index contributed by atoms with van der Waals surface area (Å²) in [5.74, 6) is -3.79. The molecular weight excluding hydrogens is 162 g/mol. The third-order valence-corrected chi connectivity index (χ3v) is 1.91. The van der Waals surface area contributed by atoms with Crippen LogP contribution in [0.15, 0.2) is 11.3 Å². The van der Waals surface area contributed by atoms with Crippen molar-refractivity contribution in [1.82, 2.24) is 0 Å². The summed E-state index contributed by atoms with van der Waals surface area (Å²) in [6.07, 6.45) is 0.745. The second kappa shape index (κ2) is 2.76. The van der Waals surface area contributed by atoms with Crippen molar-refractivity contribution in [2.75, 3.05) is 0 Å². The normalized spacial score (nSPS) is 22.5. The largest absolute Gasteiger partial charge is 0.506 e. The van der Waals surface area contributed by atoms with Crippen LogP contribution < -0.4 is 5.73 Å². The summed E-state index contributed by atoms with van der Waals surface area (Å²) in [6, 6.07) is 0. The second-order valence-electron chi connectivity index (χ2n) is 2.86. The molecule has 1 rings (SSSR count). The van der Waals surface area contributed by atoms with E-state index in [1.165, 1.54) is 0 Å². The molecule has 0 heterocycles. The van der Waals surface area contributed by atoms with E-state index in [2.05, 4.69) is 0 Å². The van der Waals surface area contributed by atoms with E-state index in [1.54, 1.807) is 0 Å². The van der Waals surface area contributed by atoms with Gasteiger partial charge in [-0.1, -0.05) is 0 Å². The van der Waals surface area contributed by atoms with Gasteiger partial charge in [-0.25, -0.2) is 0 Å². The molecule has 1 aliphatic rings.